The average Bonchev–Trinajstić information content (AvgIpc) is 3.43. The molecule has 0 bridgehead atoms. The highest BCUT2D eigenvalue weighted by Gasteiger charge is 2.38. The van der Waals surface area contributed by atoms with E-state index in [1.54, 1.807) is 0 Å². The van der Waals surface area contributed by atoms with Crippen LogP contribution in [0, 0.1) is 0 Å². The van der Waals surface area contributed by atoms with E-state index in [1.165, 1.54) is 5.69 Å². The molecule has 2 aromatic rings. The van der Waals surface area contributed by atoms with Crippen molar-refractivity contribution in [1.29, 1.82) is 0 Å². The molecule has 0 aromatic carbocycles. The van der Waals surface area contributed by atoms with Crippen molar-refractivity contribution in [2.45, 2.75) is 24.7 Å². The molecule has 3 N–H and O–H groups in total. The Labute approximate surface area is 188 Å². The minimum absolute atomic E-state index is 0.460. The third kappa shape index (κ3) is 8.02. The lowest BCUT2D eigenvalue weighted by atomic mass is 10.1. The second-order valence-electron chi connectivity index (χ2n) is 7.06. The first-order chi connectivity index (χ1) is 15.8. The normalized spacial score (nSPS) is 18.5. The number of hydrogen-bond donors (Lipinski definition) is 3. The molecule has 10 nitrogen and oxygen atoms in total. The van der Waals surface area contributed by atoms with E-state index in [0.717, 1.165) is 57.3 Å². The van der Waals surface area contributed by atoms with Crippen LogP contribution in [-0.4, -0.2) is 88.5 Å². The number of morpholine rings is 1. The van der Waals surface area contributed by atoms with Gasteiger partial charge in [0, 0.05) is 25.6 Å². The molecule has 16 heteroatoms. The van der Waals surface area contributed by atoms with Crippen LogP contribution in [0.3, 0.4) is 0 Å². The molecule has 0 saturated carbocycles. The molecule has 190 valence electrons. The molecule has 2 saturated heterocycles. The monoisotopic (exact) mass is 501 g/mol. The number of pyridine rings is 1. The van der Waals surface area contributed by atoms with E-state index in [4.69, 9.17) is 24.5 Å². The maximum Gasteiger partial charge on any atom is 0.490 e. The zero-order valence-electron chi connectivity index (χ0n) is 17.4. The van der Waals surface area contributed by atoms with Gasteiger partial charge in [0.25, 0.3) is 0 Å². The van der Waals surface area contributed by atoms with Gasteiger partial charge < -0.3 is 25.2 Å². The first-order valence-corrected chi connectivity index (χ1v) is 9.79. The lowest BCUT2D eigenvalue weighted by molar-refractivity contribution is -0.193. The van der Waals surface area contributed by atoms with Crippen LogP contribution in [0.5, 0.6) is 0 Å². The Morgan fingerprint density at radius 1 is 1.03 bits per heavy atom. The summed E-state index contributed by atoms with van der Waals surface area (Å²) in [4.78, 5) is 24.8. The summed E-state index contributed by atoms with van der Waals surface area (Å²) in [6, 6.07) is 4.19. The van der Waals surface area contributed by atoms with Crippen LogP contribution < -0.4 is 10.2 Å². The van der Waals surface area contributed by atoms with Crippen molar-refractivity contribution in [3.05, 3.63) is 24.2 Å². The smallest absolute Gasteiger partial charge is 0.475 e. The van der Waals surface area contributed by atoms with Crippen LogP contribution in [0.4, 0.5) is 32.0 Å². The summed E-state index contributed by atoms with van der Waals surface area (Å²) < 4.78 is 70.8. The molecule has 2 fully saturated rings. The molecule has 0 radical (unpaired) electrons. The Kier molecular flexibility index (Phi) is 9.03. The van der Waals surface area contributed by atoms with Crippen molar-refractivity contribution < 1.29 is 50.9 Å². The van der Waals surface area contributed by atoms with Gasteiger partial charge in [-0.05, 0) is 25.1 Å². The number of halogens is 6. The van der Waals surface area contributed by atoms with Gasteiger partial charge in [-0.1, -0.05) is 0 Å². The topological polar surface area (TPSA) is 129 Å². The molecule has 0 spiro atoms. The number of fused-ring (bicyclic) bond motifs is 1. The predicted octanol–water partition coefficient (Wildman–Crippen LogP) is 1.91. The molecular weight excluding hydrogens is 480 g/mol. The summed E-state index contributed by atoms with van der Waals surface area (Å²) in [7, 11) is 0. The molecule has 2 aliphatic heterocycles. The highest BCUT2D eigenvalue weighted by molar-refractivity contribution is 5.73. The summed E-state index contributed by atoms with van der Waals surface area (Å²) in [6.45, 7) is 5.55. The number of rotatable bonds is 2. The minimum Gasteiger partial charge on any atom is -0.475 e. The molecule has 1 unspecified atom stereocenters. The maximum atomic E-state index is 10.6. The summed E-state index contributed by atoms with van der Waals surface area (Å²) in [6.07, 6.45) is -6.95. The largest absolute Gasteiger partial charge is 0.490 e. The summed E-state index contributed by atoms with van der Waals surface area (Å²) in [5.41, 5.74) is 2.13. The highest BCUT2D eigenvalue weighted by Crippen LogP contribution is 2.22. The van der Waals surface area contributed by atoms with Gasteiger partial charge in [-0.3, -0.25) is 0 Å². The first-order valence-electron chi connectivity index (χ1n) is 9.79. The van der Waals surface area contributed by atoms with Crippen molar-refractivity contribution in [2.75, 3.05) is 44.3 Å². The second-order valence-corrected chi connectivity index (χ2v) is 7.06. The number of carboxylic acid groups (broad SMARTS) is 2. The standard InChI is InChI=1S/C14H19N5O.2C2HF3O2/c1-2-13-16-14(11-3-4-15-9-11)17-19(13)10-12(1)18-5-7-20-8-6-18;2*3-2(4,5)1(6)7/h1-2,10-11,15H,3-9H2;2*(H,6,7). The molecule has 34 heavy (non-hydrogen) atoms. The average molecular weight is 501 g/mol. The van der Waals surface area contributed by atoms with Gasteiger partial charge in [0.1, 0.15) is 0 Å². The Morgan fingerprint density at radius 3 is 2.06 bits per heavy atom. The molecule has 4 heterocycles. The molecule has 0 amide bonds. The lowest BCUT2D eigenvalue weighted by Crippen LogP contribution is -2.36. The number of carbonyl (C=O) groups is 2. The quantitative estimate of drug-likeness (QED) is 0.529. The highest BCUT2D eigenvalue weighted by atomic mass is 19.4. The van der Waals surface area contributed by atoms with Crippen LogP contribution >= 0.6 is 0 Å². The zero-order chi connectivity index (χ0) is 25.5. The van der Waals surface area contributed by atoms with Gasteiger partial charge in [0.05, 0.1) is 25.1 Å². The van der Waals surface area contributed by atoms with Gasteiger partial charge in [-0.25, -0.2) is 19.1 Å². The van der Waals surface area contributed by atoms with Gasteiger partial charge >= 0.3 is 24.3 Å². The number of carboxylic acids is 2. The molecule has 2 aromatic heterocycles. The van der Waals surface area contributed by atoms with Crippen molar-refractivity contribution in [3.63, 3.8) is 0 Å². The Balaban J connectivity index is 0.000000244. The van der Waals surface area contributed by atoms with Crippen LogP contribution in [0.1, 0.15) is 18.2 Å². The van der Waals surface area contributed by atoms with Crippen LogP contribution in [0.15, 0.2) is 18.3 Å². The molecule has 2 aliphatic rings. The number of anilines is 1. The lowest BCUT2D eigenvalue weighted by Gasteiger charge is -2.28. The number of nitrogens with zero attached hydrogens (tertiary/aromatic N) is 4. The third-order valence-corrected chi connectivity index (χ3v) is 4.62. The fourth-order valence-corrected chi connectivity index (χ4v) is 2.95. The number of ether oxygens (including phenoxy) is 1. The van der Waals surface area contributed by atoms with Crippen LogP contribution in [-0.2, 0) is 14.3 Å². The maximum absolute atomic E-state index is 10.6. The predicted molar refractivity (Wildman–Crippen MR) is 104 cm³/mol. The summed E-state index contributed by atoms with van der Waals surface area (Å²) in [5.74, 6) is -4.09. The van der Waals surface area contributed by atoms with Gasteiger partial charge in [-0.15, -0.1) is 0 Å². The van der Waals surface area contributed by atoms with Crippen molar-refractivity contribution in [1.82, 2.24) is 19.9 Å². The van der Waals surface area contributed by atoms with E-state index < -0.39 is 24.3 Å². The van der Waals surface area contributed by atoms with E-state index >= 15 is 0 Å². The fraction of sp³-hybridized carbons (Fsp3) is 0.556. The van der Waals surface area contributed by atoms with E-state index in [1.807, 2.05) is 4.52 Å². The van der Waals surface area contributed by atoms with Crippen LogP contribution in [0.25, 0.3) is 5.65 Å². The molecule has 1 atom stereocenters. The minimum atomic E-state index is -5.08. The number of aromatic nitrogens is 3. The third-order valence-electron chi connectivity index (χ3n) is 4.62. The van der Waals surface area contributed by atoms with E-state index in [-0.39, 0.29) is 0 Å². The number of hydrogen-bond acceptors (Lipinski definition) is 7. The Hall–Kier alpha value is -3.14. The molecule has 0 aliphatic carbocycles. The van der Waals surface area contributed by atoms with Gasteiger partial charge in [0.15, 0.2) is 11.5 Å². The molecular formula is C18H21F6N5O5. The van der Waals surface area contributed by atoms with Crippen LogP contribution in [0.2, 0.25) is 0 Å². The first kappa shape index (κ1) is 27.1. The van der Waals surface area contributed by atoms with Crippen molar-refractivity contribution in [3.8, 4) is 0 Å². The van der Waals surface area contributed by atoms with Gasteiger partial charge in [0.2, 0.25) is 0 Å². The van der Waals surface area contributed by atoms with E-state index in [9.17, 15) is 26.3 Å². The number of aliphatic carboxylic acids is 2. The fourth-order valence-electron chi connectivity index (χ4n) is 2.95. The Morgan fingerprint density at radius 2 is 1.59 bits per heavy atom. The van der Waals surface area contributed by atoms with Crippen molar-refractivity contribution in [2.24, 2.45) is 0 Å². The SMILES string of the molecule is O=C(O)C(F)(F)F.O=C(O)C(F)(F)F.c1cc2nc(C3CCNC3)nn2cc1N1CCOCC1. The van der Waals surface area contributed by atoms with Gasteiger partial charge in [-0.2, -0.15) is 31.4 Å². The zero-order valence-corrected chi connectivity index (χ0v) is 17.4. The van der Waals surface area contributed by atoms with E-state index in [2.05, 4.69) is 38.6 Å². The van der Waals surface area contributed by atoms with Crippen molar-refractivity contribution >= 4 is 23.3 Å². The molecule has 4 rings (SSSR count). The second kappa shape index (κ2) is 11.3. The van der Waals surface area contributed by atoms with E-state index in [0.29, 0.717) is 5.92 Å². The summed E-state index contributed by atoms with van der Waals surface area (Å²) in [5, 5.41) is 22.3. The summed E-state index contributed by atoms with van der Waals surface area (Å²) >= 11 is 0. The Bertz CT molecular complexity index is 944. The number of alkyl halides is 6. The number of nitrogens with one attached hydrogen (secondary N) is 1.